The molecule has 2 heterocycles. The average molecular weight is 416 g/mol. The number of methoxy groups -OCH3 is 2. The Morgan fingerprint density at radius 1 is 1.00 bits per heavy atom. The van der Waals surface area contributed by atoms with E-state index >= 15 is 0 Å². The van der Waals surface area contributed by atoms with E-state index in [-0.39, 0.29) is 11.3 Å². The smallest absolute Gasteiger partial charge is 0.300 e. The van der Waals surface area contributed by atoms with Crippen molar-refractivity contribution in [2.45, 2.75) is 6.04 Å². The molecule has 1 aliphatic rings. The summed E-state index contributed by atoms with van der Waals surface area (Å²) in [4.78, 5) is 31.6. The first-order valence-electron chi connectivity index (χ1n) is 9.55. The van der Waals surface area contributed by atoms with Gasteiger partial charge in [-0.25, -0.2) is 0 Å². The normalized spacial score (nSPS) is 17.6. The van der Waals surface area contributed by atoms with Crippen LogP contribution in [-0.2, 0) is 9.59 Å². The molecule has 1 saturated heterocycles. The number of carbonyl (C=O) groups excluding carboxylic acids is 2. The Morgan fingerprint density at radius 2 is 1.77 bits per heavy atom. The van der Waals surface area contributed by atoms with E-state index in [1.807, 2.05) is 0 Å². The number of carbonyl (C=O) groups is 2. The number of aliphatic hydroxyl groups excluding tert-OH is 1. The molecule has 0 bridgehead atoms. The minimum Gasteiger partial charge on any atom is -0.507 e. The zero-order valence-electron chi connectivity index (χ0n) is 17.0. The van der Waals surface area contributed by atoms with Gasteiger partial charge in [-0.2, -0.15) is 0 Å². The van der Waals surface area contributed by atoms with E-state index in [4.69, 9.17) is 9.47 Å². The van der Waals surface area contributed by atoms with Crippen LogP contribution in [0.1, 0.15) is 17.2 Å². The second kappa shape index (κ2) is 8.31. The SMILES string of the molecule is COc1ccc(C2/C(=C(/O)c3ccccc3)C(=O)C(=O)N2c2cccnc2)c(OC)c1. The number of benzene rings is 2. The Balaban J connectivity index is 1.99. The van der Waals surface area contributed by atoms with Crippen LogP contribution in [0.3, 0.4) is 0 Å². The number of aliphatic hydroxyl groups is 1. The maximum absolute atomic E-state index is 13.1. The second-order valence-corrected chi connectivity index (χ2v) is 6.85. The van der Waals surface area contributed by atoms with Crippen LogP contribution >= 0.6 is 0 Å². The summed E-state index contributed by atoms with van der Waals surface area (Å²) in [6, 6.07) is 16.2. The molecular weight excluding hydrogens is 396 g/mol. The fourth-order valence-electron chi connectivity index (χ4n) is 3.69. The van der Waals surface area contributed by atoms with Gasteiger partial charge in [-0.15, -0.1) is 0 Å². The average Bonchev–Trinajstić information content (AvgIpc) is 3.09. The second-order valence-electron chi connectivity index (χ2n) is 6.85. The van der Waals surface area contributed by atoms with Crippen LogP contribution in [0, 0.1) is 0 Å². The summed E-state index contributed by atoms with van der Waals surface area (Å²) in [5, 5.41) is 11.1. The highest BCUT2D eigenvalue weighted by atomic mass is 16.5. The number of hydrogen-bond donors (Lipinski definition) is 1. The molecular formula is C24H20N2O5. The molecule has 0 aliphatic carbocycles. The van der Waals surface area contributed by atoms with Crippen molar-refractivity contribution in [3.63, 3.8) is 0 Å². The molecule has 1 unspecified atom stereocenters. The predicted octanol–water partition coefficient (Wildman–Crippen LogP) is 3.73. The monoisotopic (exact) mass is 416 g/mol. The van der Waals surface area contributed by atoms with Crippen LogP contribution in [0.5, 0.6) is 11.5 Å². The summed E-state index contributed by atoms with van der Waals surface area (Å²) in [5.41, 5.74) is 1.37. The summed E-state index contributed by atoms with van der Waals surface area (Å²) in [6.07, 6.45) is 3.07. The molecule has 156 valence electrons. The molecule has 7 nitrogen and oxygen atoms in total. The van der Waals surface area contributed by atoms with Gasteiger partial charge in [0, 0.05) is 23.4 Å². The highest BCUT2D eigenvalue weighted by molar-refractivity contribution is 6.51. The van der Waals surface area contributed by atoms with Gasteiger partial charge in [0.1, 0.15) is 17.3 Å². The first kappa shape index (κ1) is 20.2. The van der Waals surface area contributed by atoms with Crippen LogP contribution in [0.25, 0.3) is 5.76 Å². The number of aromatic nitrogens is 1. The van der Waals surface area contributed by atoms with E-state index in [1.165, 1.54) is 25.3 Å². The topological polar surface area (TPSA) is 89.0 Å². The van der Waals surface area contributed by atoms with Crippen LogP contribution in [0.2, 0.25) is 0 Å². The summed E-state index contributed by atoms with van der Waals surface area (Å²) >= 11 is 0. The Hall–Kier alpha value is -4.13. The van der Waals surface area contributed by atoms with Gasteiger partial charge in [-0.05, 0) is 24.3 Å². The van der Waals surface area contributed by atoms with Gasteiger partial charge in [0.2, 0.25) is 0 Å². The van der Waals surface area contributed by atoms with E-state index in [9.17, 15) is 14.7 Å². The van der Waals surface area contributed by atoms with Crippen molar-refractivity contribution in [2.24, 2.45) is 0 Å². The van der Waals surface area contributed by atoms with Crippen LogP contribution in [0.15, 0.2) is 78.6 Å². The molecule has 1 N–H and O–H groups in total. The highest BCUT2D eigenvalue weighted by Crippen LogP contribution is 2.45. The van der Waals surface area contributed by atoms with Crippen LogP contribution < -0.4 is 14.4 Å². The lowest BCUT2D eigenvalue weighted by molar-refractivity contribution is -0.132. The maximum atomic E-state index is 13.1. The zero-order valence-corrected chi connectivity index (χ0v) is 17.0. The Bertz CT molecular complexity index is 1160. The molecule has 0 radical (unpaired) electrons. The fourth-order valence-corrected chi connectivity index (χ4v) is 3.69. The highest BCUT2D eigenvalue weighted by Gasteiger charge is 2.48. The number of anilines is 1. The molecule has 0 saturated carbocycles. The molecule has 31 heavy (non-hydrogen) atoms. The zero-order chi connectivity index (χ0) is 22.0. The third-order valence-corrected chi connectivity index (χ3v) is 5.15. The molecule has 4 rings (SSSR count). The van der Waals surface area contributed by atoms with Gasteiger partial charge < -0.3 is 14.6 Å². The largest absolute Gasteiger partial charge is 0.507 e. The van der Waals surface area contributed by atoms with Gasteiger partial charge in [0.25, 0.3) is 11.7 Å². The van der Waals surface area contributed by atoms with Crippen LogP contribution in [-0.4, -0.2) is 36.0 Å². The van der Waals surface area contributed by atoms with E-state index in [2.05, 4.69) is 4.98 Å². The number of pyridine rings is 1. The first-order valence-corrected chi connectivity index (χ1v) is 9.55. The van der Waals surface area contributed by atoms with Gasteiger partial charge in [0.05, 0.1) is 37.7 Å². The van der Waals surface area contributed by atoms with Gasteiger partial charge >= 0.3 is 0 Å². The lowest BCUT2D eigenvalue weighted by Crippen LogP contribution is -2.29. The number of nitrogens with zero attached hydrogens (tertiary/aromatic N) is 2. The molecule has 1 aromatic heterocycles. The molecule has 0 spiro atoms. The lowest BCUT2D eigenvalue weighted by atomic mass is 9.94. The Kier molecular flexibility index (Phi) is 5.41. The minimum atomic E-state index is -0.912. The van der Waals surface area contributed by atoms with E-state index < -0.39 is 17.7 Å². The van der Waals surface area contributed by atoms with Crippen molar-refractivity contribution in [1.29, 1.82) is 0 Å². The Morgan fingerprint density at radius 3 is 2.42 bits per heavy atom. The van der Waals surface area contributed by atoms with Gasteiger partial charge in [-0.1, -0.05) is 30.3 Å². The number of rotatable bonds is 5. The quantitative estimate of drug-likeness (QED) is 0.387. The summed E-state index contributed by atoms with van der Waals surface area (Å²) < 4.78 is 10.8. The van der Waals surface area contributed by atoms with Crippen molar-refractivity contribution < 1.29 is 24.2 Å². The lowest BCUT2D eigenvalue weighted by Gasteiger charge is -2.26. The van der Waals surface area contributed by atoms with Crippen molar-refractivity contribution in [3.8, 4) is 11.5 Å². The molecule has 1 amide bonds. The molecule has 1 atom stereocenters. The number of ketones is 1. The van der Waals surface area contributed by atoms with Gasteiger partial charge in [-0.3, -0.25) is 19.5 Å². The van der Waals surface area contributed by atoms with Crippen molar-refractivity contribution in [1.82, 2.24) is 4.98 Å². The predicted molar refractivity (Wildman–Crippen MR) is 115 cm³/mol. The summed E-state index contributed by atoms with van der Waals surface area (Å²) in [6.45, 7) is 0. The fraction of sp³-hybridized carbons (Fsp3) is 0.125. The maximum Gasteiger partial charge on any atom is 0.300 e. The summed E-state index contributed by atoms with van der Waals surface area (Å²) in [5.74, 6) is -0.823. The molecule has 3 aromatic rings. The van der Waals surface area contributed by atoms with Crippen molar-refractivity contribution in [3.05, 3.63) is 89.8 Å². The van der Waals surface area contributed by atoms with E-state index in [0.29, 0.717) is 28.3 Å². The number of hydrogen-bond acceptors (Lipinski definition) is 6. The van der Waals surface area contributed by atoms with Crippen molar-refractivity contribution >= 4 is 23.1 Å². The number of Topliss-reactive ketones (excluding diaryl/α,β-unsaturated/α-hetero) is 1. The van der Waals surface area contributed by atoms with E-state index in [0.717, 1.165) is 0 Å². The Labute approximate surface area is 179 Å². The molecule has 1 aliphatic heterocycles. The number of ether oxygens (including phenoxy) is 2. The summed E-state index contributed by atoms with van der Waals surface area (Å²) in [7, 11) is 3.03. The molecule has 2 aromatic carbocycles. The van der Waals surface area contributed by atoms with E-state index in [1.54, 1.807) is 66.9 Å². The standard InChI is InChI=1S/C24H20N2O5/c1-30-17-10-11-18(19(13-17)31-2)21-20(22(27)15-7-4-3-5-8-15)23(28)24(29)26(21)16-9-6-12-25-14-16/h3-14,21,27H,1-2H3/b22-20-. The third-order valence-electron chi connectivity index (χ3n) is 5.15. The van der Waals surface area contributed by atoms with Crippen LogP contribution in [0.4, 0.5) is 5.69 Å². The molecule has 1 fully saturated rings. The van der Waals surface area contributed by atoms with Crippen molar-refractivity contribution in [2.75, 3.05) is 19.1 Å². The van der Waals surface area contributed by atoms with Gasteiger partial charge in [0.15, 0.2) is 0 Å². The molecule has 7 heteroatoms. The first-order chi connectivity index (χ1) is 15.1. The minimum absolute atomic E-state index is 0.0245. The number of amides is 1. The third kappa shape index (κ3) is 3.50.